The molecule has 0 aliphatic heterocycles. The minimum Gasteiger partial charge on any atom is -0.476 e. The van der Waals surface area contributed by atoms with Crippen molar-refractivity contribution in [3.63, 3.8) is 0 Å². The molecule has 0 aliphatic rings. The van der Waals surface area contributed by atoms with Crippen LogP contribution in [0.3, 0.4) is 0 Å². The fourth-order valence-electron chi connectivity index (χ4n) is 1.78. The lowest BCUT2D eigenvalue weighted by molar-refractivity contribution is 0.0683. The molecule has 0 spiro atoms. The largest absolute Gasteiger partial charge is 0.476 e. The van der Waals surface area contributed by atoms with Gasteiger partial charge in [0.15, 0.2) is 0 Å². The highest BCUT2D eigenvalue weighted by molar-refractivity contribution is 7.71. The van der Waals surface area contributed by atoms with E-state index in [1.54, 1.807) is 13.8 Å². The first-order chi connectivity index (χ1) is 9.82. The second kappa shape index (κ2) is 5.57. The molecule has 0 fully saturated rings. The molecule has 0 aliphatic carbocycles. The van der Waals surface area contributed by atoms with Crippen LogP contribution >= 0.6 is 12.2 Å². The summed E-state index contributed by atoms with van der Waals surface area (Å²) in [6.07, 6.45) is 0. The summed E-state index contributed by atoms with van der Waals surface area (Å²) >= 11 is 5.19. The average molecular weight is 309 g/mol. The number of aromatic carboxylic acids is 1. The molecule has 0 saturated heterocycles. The molecule has 1 N–H and O–H groups in total. The topological polar surface area (TPSA) is 77.1 Å². The van der Waals surface area contributed by atoms with Gasteiger partial charge < -0.3 is 5.11 Å². The van der Waals surface area contributed by atoms with E-state index in [2.05, 4.69) is 5.10 Å². The number of aromatic nitrogens is 3. The molecule has 0 amide bonds. The van der Waals surface area contributed by atoms with Crippen LogP contribution in [0, 0.1) is 10.6 Å². The van der Waals surface area contributed by atoms with E-state index in [-0.39, 0.29) is 16.5 Å². The number of halogens is 1. The fourth-order valence-corrected chi connectivity index (χ4v) is 2.22. The van der Waals surface area contributed by atoms with Crippen LogP contribution in [0.5, 0.6) is 0 Å². The van der Waals surface area contributed by atoms with Gasteiger partial charge in [-0.1, -0.05) is 0 Å². The average Bonchev–Trinajstić information content (AvgIpc) is 2.40. The Kier molecular flexibility index (Phi) is 3.99. The van der Waals surface area contributed by atoms with Crippen molar-refractivity contribution in [1.82, 2.24) is 14.3 Å². The Labute approximate surface area is 124 Å². The lowest BCUT2D eigenvalue weighted by Crippen LogP contribution is -2.32. The van der Waals surface area contributed by atoms with Crippen molar-refractivity contribution in [1.29, 1.82) is 0 Å². The number of rotatable bonds is 3. The van der Waals surface area contributed by atoms with Crippen LogP contribution < -0.4 is 5.56 Å². The van der Waals surface area contributed by atoms with E-state index in [0.717, 1.165) is 16.7 Å². The Bertz CT molecular complexity index is 809. The van der Waals surface area contributed by atoms with Gasteiger partial charge in [-0.05, 0) is 50.3 Å². The van der Waals surface area contributed by atoms with Gasteiger partial charge in [0, 0.05) is 6.04 Å². The highest BCUT2D eigenvalue weighted by Crippen LogP contribution is 2.10. The molecule has 110 valence electrons. The third kappa shape index (κ3) is 2.75. The van der Waals surface area contributed by atoms with E-state index >= 15 is 0 Å². The molecule has 6 nitrogen and oxygen atoms in total. The Hall–Kier alpha value is -2.35. The van der Waals surface area contributed by atoms with E-state index < -0.39 is 23.0 Å². The zero-order valence-electron chi connectivity index (χ0n) is 11.3. The van der Waals surface area contributed by atoms with E-state index in [1.165, 1.54) is 16.8 Å². The Morgan fingerprint density at radius 1 is 1.33 bits per heavy atom. The summed E-state index contributed by atoms with van der Waals surface area (Å²) in [6, 6.07) is 4.79. The van der Waals surface area contributed by atoms with Crippen molar-refractivity contribution >= 4 is 18.2 Å². The van der Waals surface area contributed by atoms with Gasteiger partial charge >= 0.3 is 5.97 Å². The first kappa shape index (κ1) is 15.0. The molecule has 21 heavy (non-hydrogen) atoms. The van der Waals surface area contributed by atoms with Crippen molar-refractivity contribution in [2.45, 2.75) is 19.9 Å². The zero-order valence-corrected chi connectivity index (χ0v) is 12.1. The van der Waals surface area contributed by atoms with Crippen LogP contribution in [0.1, 0.15) is 30.4 Å². The molecular formula is C13H12FN3O3S. The number of nitrogens with zero attached hydrogens (tertiary/aromatic N) is 3. The summed E-state index contributed by atoms with van der Waals surface area (Å²) in [6.45, 7) is 3.52. The van der Waals surface area contributed by atoms with Gasteiger partial charge in [-0.15, -0.1) is 0 Å². The third-order valence-corrected chi connectivity index (χ3v) is 3.15. The van der Waals surface area contributed by atoms with Crippen molar-refractivity contribution < 1.29 is 14.3 Å². The van der Waals surface area contributed by atoms with Crippen LogP contribution in [-0.4, -0.2) is 25.4 Å². The van der Waals surface area contributed by atoms with Crippen LogP contribution in [0.15, 0.2) is 29.1 Å². The molecule has 1 aromatic heterocycles. The SMILES string of the molecule is CC(C)n1nc(C(=O)O)c(=O)n(-c2ccc(F)cc2)c1=S. The quantitative estimate of drug-likeness (QED) is 0.879. The number of benzene rings is 1. The highest BCUT2D eigenvalue weighted by atomic mass is 32.1. The van der Waals surface area contributed by atoms with Crippen LogP contribution in [-0.2, 0) is 0 Å². The molecule has 0 atom stereocenters. The molecule has 0 unspecified atom stereocenters. The maximum absolute atomic E-state index is 13.0. The predicted molar refractivity (Wildman–Crippen MR) is 76.0 cm³/mol. The molecule has 1 aromatic carbocycles. The highest BCUT2D eigenvalue weighted by Gasteiger charge is 2.19. The normalized spacial score (nSPS) is 10.9. The Morgan fingerprint density at radius 2 is 1.90 bits per heavy atom. The van der Waals surface area contributed by atoms with Crippen LogP contribution in [0.25, 0.3) is 5.69 Å². The molecular weight excluding hydrogens is 297 g/mol. The Balaban J connectivity index is 2.87. The van der Waals surface area contributed by atoms with Crippen molar-refractivity contribution in [3.8, 4) is 5.69 Å². The van der Waals surface area contributed by atoms with Gasteiger partial charge in [0.1, 0.15) is 5.82 Å². The van der Waals surface area contributed by atoms with Crippen molar-refractivity contribution in [2.75, 3.05) is 0 Å². The summed E-state index contributed by atoms with van der Waals surface area (Å²) in [5.74, 6) is -1.91. The molecule has 2 aromatic rings. The van der Waals surface area contributed by atoms with Gasteiger partial charge in [-0.3, -0.25) is 4.79 Å². The predicted octanol–water partition coefficient (Wildman–Crippen LogP) is 2.18. The second-order valence-electron chi connectivity index (χ2n) is 4.59. The van der Waals surface area contributed by atoms with Gasteiger partial charge in [0.25, 0.3) is 5.56 Å². The molecule has 1 heterocycles. The van der Waals surface area contributed by atoms with Crippen LogP contribution in [0.2, 0.25) is 0 Å². The fraction of sp³-hybridized carbons (Fsp3) is 0.231. The summed E-state index contributed by atoms with van der Waals surface area (Å²) in [5, 5.41) is 12.9. The van der Waals surface area contributed by atoms with Gasteiger partial charge in [0.2, 0.25) is 10.5 Å². The zero-order chi connectivity index (χ0) is 15.7. The first-order valence-corrected chi connectivity index (χ1v) is 6.49. The number of hydrogen-bond donors (Lipinski definition) is 1. The second-order valence-corrected chi connectivity index (χ2v) is 4.96. The summed E-state index contributed by atoms with van der Waals surface area (Å²) < 4.78 is 15.3. The molecule has 0 radical (unpaired) electrons. The van der Waals surface area contributed by atoms with Gasteiger partial charge in [-0.25, -0.2) is 18.4 Å². The molecule has 0 bridgehead atoms. The standard InChI is InChI=1S/C13H12FN3O3S/c1-7(2)17-13(21)16(9-5-3-8(14)4-6-9)11(18)10(15-17)12(19)20/h3-7H,1-2H3,(H,19,20). The summed E-state index contributed by atoms with van der Waals surface area (Å²) in [5.41, 5.74) is -1.21. The maximum Gasteiger partial charge on any atom is 0.362 e. The van der Waals surface area contributed by atoms with Crippen molar-refractivity contribution in [2.24, 2.45) is 0 Å². The molecule has 0 saturated carbocycles. The van der Waals surface area contributed by atoms with E-state index in [0.29, 0.717) is 0 Å². The summed E-state index contributed by atoms with van der Waals surface area (Å²) in [4.78, 5) is 23.4. The minimum absolute atomic E-state index is 0.0478. The van der Waals surface area contributed by atoms with E-state index in [4.69, 9.17) is 17.3 Å². The number of carboxylic acids is 1. The first-order valence-electron chi connectivity index (χ1n) is 6.08. The lowest BCUT2D eigenvalue weighted by atomic mass is 10.3. The summed E-state index contributed by atoms with van der Waals surface area (Å²) in [7, 11) is 0. The van der Waals surface area contributed by atoms with Gasteiger partial charge in [0.05, 0.1) is 5.69 Å². The smallest absolute Gasteiger partial charge is 0.362 e. The van der Waals surface area contributed by atoms with E-state index in [9.17, 15) is 14.0 Å². The van der Waals surface area contributed by atoms with Gasteiger partial charge in [-0.2, -0.15) is 5.10 Å². The minimum atomic E-state index is -1.44. The lowest BCUT2D eigenvalue weighted by Gasteiger charge is -2.14. The van der Waals surface area contributed by atoms with Crippen molar-refractivity contribution in [3.05, 3.63) is 50.9 Å². The number of carboxylic acid groups (broad SMARTS) is 1. The third-order valence-electron chi connectivity index (χ3n) is 2.78. The maximum atomic E-state index is 13.0. The number of hydrogen-bond acceptors (Lipinski definition) is 4. The van der Waals surface area contributed by atoms with Crippen LogP contribution in [0.4, 0.5) is 4.39 Å². The monoisotopic (exact) mass is 309 g/mol. The van der Waals surface area contributed by atoms with E-state index in [1.807, 2.05) is 0 Å². The Morgan fingerprint density at radius 3 is 2.38 bits per heavy atom. The number of carbonyl (C=O) groups is 1. The molecule has 8 heteroatoms. The molecule has 2 rings (SSSR count).